The first-order valence-corrected chi connectivity index (χ1v) is 11.7. The number of nitrogens with zero attached hydrogens (tertiary/aromatic N) is 3. The van der Waals surface area contributed by atoms with E-state index in [0.29, 0.717) is 42.9 Å². The van der Waals surface area contributed by atoms with Crippen LogP contribution in [0.5, 0.6) is 0 Å². The number of hydrogen-bond donors (Lipinski definition) is 0. The van der Waals surface area contributed by atoms with Gasteiger partial charge in [0.15, 0.2) is 0 Å². The molecular formula is C21H19Cl2N3O3S. The molecule has 0 aromatic heterocycles. The standard InChI is InChI=1S/C21H19Cl2N3O3S/c22-16-3-5-17(6-4-16)26-11-9-21(20(26)27)8-1-10-25(14-21)30(28,29)19-7-2-15(13-24)12-18(19)23/h2-7,12H,1,8-11,14H2. The highest BCUT2D eigenvalue weighted by Gasteiger charge is 2.51. The minimum atomic E-state index is -3.89. The molecule has 1 atom stereocenters. The fourth-order valence-electron chi connectivity index (χ4n) is 4.28. The highest BCUT2D eigenvalue weighted by molar-refractivity contribution is 7.89. The number of sulfonamides is 1. The zero-order valence-corrected chi connectivity index (χ0v) is 18.3. The molecule has 156 valence electrons. The van der Waals surface area contributed by atoms with Gasteiger partial charge in [-0.15, -0.1) is 0 Å². The maximum atomic E-state index is 13.3. The van der Waals surface area contributed by atoms with Gasteiger partial charge in [0, 0.05) is 30.3 Å². The first kappa shape index (κ1) is 21.1. The zero-order valence-electron chi connectivity index (χ0n) is 16.0. The molecular weight excluding hydrogens is 445 g/mol. The molecule has 9 heteroatoms. The van der Waals surface area contributed by atoms with E-state index >= 15 is 0 Å². The second kappa shape index (κ2) is 7.86. The van der Waals surface area contributed by atoms with Crippen molar-refractivity contribution in [1.29, 1.82) is 5.26 Å². The molecule has 2 aromatic carbocycles. The van der Waals surface area contributed by atoms with Crippen molar-refractivity contribution in [3.05, 3.63) is 58.1 Å². The molecule has 0 aliphatic carbocycles. The van der Waals surface area contributed by atoms with Crippen molar-refractivity contribution in [2.45, 2.75) is 24.2 Å². The van der Waals surface area contributed by atoms with E-state index in [1.54, 1.807) is 29.2 Å². The first-order chi connectivity index (χ1) is 14.3. The van der Waals surface area contributed by atoms with Crippen LogP contribution < -0.4 is 4.90 Å². The average Bonchev–Trinajstić information content (AvgIpc) is 3.04. The molecule has 6 nitrogen and oxygen atoms in total. The molecule has 1 spiro atoms. The molecule has 1 unspecified atom stereocenters. The normalized spacial score (nSPS) is 22.4. The van der Waals surface area contributed by atoms with Crippen molar-refractivity contribution >= 4 is 44.8 Å². The summed E-state index contributed by atoms with van der Waals surface area (Å²) in [6.45, 7) is 0.981. The smallest absolute Gasteiger partial charge is 0.244 e. The summed E-state index contributed by atoms with van der Waals surface area (Å²) in [6.07, 6.45) is 1.82. The Hall–Kier alpha value is -2.11. The Kier molecular flexibility index (Phi) is 5.54. The molecule has 4 rings (SSSR count). The quantitative estimate of drug-likeness (QED) is 0.686. The highest BCUT2D eigenvalue weighted by Crippen LogP contribution is 2.43. The molecule has 0 saturated carbocycles. The van der Waals surface area contributed by atoms with Gasteiger partial charge in [0.25, 0.3) is 0 Å². The molecule has 1 amide bonds. The second-order valence-electron chi connectivity index (χ2n) is 7.66. The lowest BCUT2D eigenvalue weighted by molar-refractivity contribution is -0.127. The van der Waals surface area contributed by atoms with Crippen LogP contribution in [0.15, 0.2) is 47.4 Å². The maximum Gasteiger partial charge on any atom is 0.244 e. The Morgan fingerprint density at radius 3 is 2.43 bits per heavy atom. The van der Waals surface area contributed by atoms with Crippen LogP contribution in [0.2, 0.25) is 10.0 Å². The van der Waals surface area contributed by atoms with Crippen molar-refractivity contribution in [2.24, 2.45) is 5.41 Å². The zero-order chi connectivity index (χ0) is 21.5. The Balaban J connectivity index is 1.61. The summed E-state index contributed by atoms with van der Waals surface area (Å²) in [6, 6.07) is 13.1. The summed E-state index contributed by atoms with van der Waals surface area (Å²) in [5.41, 5.74) is 0.305. The number of benzene rings is 2. The number of carbonyl (C=O) groups excluding carboxylic acids is 1. The van der Waals surface area contributed by atoms with E-state index in [2.05, 4.69) is 0 Å². The van der Waals surface area contributed by atoms with Gasteiger partial charge in [0.1, 0.15) is 4.90 Å². The molecule has 2 heterocycles. The highest BCUT2D eigenvalue weighted by atomic mass is 35.5. The number of piperidine rings is 1. The Bertz CT molecular complexity index is 1150. The predicted octanol–water partition coefficient (Wildman–Crippen LogP) is 4.07. The second-order valence-corrected chi connectivity index (χ2v) is 10.4. The fourth-order valence-corrected chi connectivity index (χ4v) is 6.49. The van der Waals surface area contributed by atoms with Gasteiger partial charge in [-0.2, -0.15) is 9.57 Å². The SMILES string of the molecule is N#Cc1ccc(S(=O)(=O)N2CCCC3(CCN(c4ccc(Cl)cc4)C3=O)C2)c(Cl)c1. The molecule has 0 bridgehead atoms. The van der Waals surface area contributed by atoms with Crippen LogP contribution in [0.25, 0.3) is 0 Å². The van der Waals surface area contributed by atoms with Crippen LogP contribution in [0.4, 0.5) is 5.69 Å². The average molecular weight is 464 g/mol. The number of rotatable bonds is 3. The van der Waals surface area contributed by atoms with E-state index in [9.17, 15) is 13.2 Å². The van der Waals surface area contributed by atoms with Crippen LogP contribution in [-0.2, 0) is 14.8 Å². The summed E-state index contributed by atoms with van der Waals surface area (Å²) in [5, 5.41) is 9.59. The van der Waals surface area contributed by atoms with Gasteiger partial charge in [-0.1, -0.05) is 23.2 Å². The maximum absolute atomic E-state index is 13.3. The Morgan fingerprint density at radius 2 is 1.77 bits per heavy atom. The van der Waals surface area contributed by atoms with Crippen LogP contribution in [0.1, 0.15) is 24.8 Å². The van der Waals surface area contributed by atoms with Crippen LogP contribution >= 0.6 is 23.2 Å². The van der Waals surface area contributed by atoms with Crippen LogP contribution in [-0.4, -0.2) is 38.3 Å². The number of halogens is 2. The van der Waals surface area contributed by atoms with Gasteiger partial charge in [0.2, 0.25) is 15.9 Å². The number of amides is 1. The molecule has 2 aromatic rings. The summed E-state index contributed by atoms with van der Waals surface area (Å²) < 4.78 is 27.9. The minimum absolute atomic E-state index is 0.00853. The van der Waals surface area contributed by atoms with Crippen molar-refractivity contribution in [2.75, 3.05) is 24.5 Å². The summed E-state index contributed by atoms with van der Waals surface area (Å²) >= 11 is 12.1. The molecule has 2 aliphatic heterocycles. The topological polar surface area (TPSA) is 81.5 Å². The number of hydrogen-bond acceptors (Lipinski definition) is 4. The van der Waals surface area contributed by atoms with Crippen LogP contribution in [0.3, 0.4) is 0 Å². The van der Waals surface area contributed by atoms with Crippen molar-refractivity contribution in [3.8, 4) is 6.07 Å². The van der Waals surface area contributed by atoms with Crippen LogP contribution in [0, 0.1) is 16.7 Å². The molecule has 30 heavy (non-hydrogen) atoms. The van der Waals surface area contributed by atoms with E-state index < -0.39 is 15.4 Å². The monoisotopic (exact) mass is 463 g/mol. The lowest BCUT2D eigenvalue weighted by Gasteiger charge is -2.38. The first-order valence-electron chi connectivity index (χ1n) is 9.54. The fraction of sp³-hybridized carbons (Fsp3) is 0.333. The third kappa shape index (κ3) is 3.58. The van der Waals surface area contributed by atoms with Gasteiger partial charge in [-0.05, 0) is 61.7 Å². The Morgan fingerprint density at radius 1 is 1.03 bits per heavy atom. The Labute approximate surface area is 185 Å². The van der Waals surface area contributed by atoms with Crippen molar-refractivity contribution in [3.63, 3.8) is 0 Å². The summed E-state index contributed by atoms with van der Waals surface area (Å²) in [7, 11) is -3.89. The third-order valence-corrected chi connectivity index (χ3v) is 8.45. The molecule has 2 aliphatic rings. The van der Waals surface area contributed by atoms with E-state index in [-0.39, 0.29) is 22.4 Å². The van der Waals surface area contributed by atoms with Gasteiger partial charge >= 0.3 is 0 Å². The minimum Gasteiger partial charge on any atom is -0.312 e. The number of anilines is 1. The van der Waals surface area contributed by atoms with Crippen molar-refractivity contribution < 1.29 is 13.2 Å². The number of carbonyl (C=O) groups is 1. The number of nitriles is 1. The predicted molar refractivity (Wildman–Crippen MR) is 115 cm³/mol. The van der Waals surface area contributed by atoms with Gasteiger partial charge in [0.05, 0.1) is 22.1 Å². The molecule has 2 saturated heterocycles. The van der Waals surface area contributed by atoms with E-state index in [0.717, 1.165) is 5.69 Å². The van der Waals surface area contributed by atoms with Crippen molar-refractivity contribution in [1.82, 2.24) is 4.31 Å². The van der Waals surface area contributed by atoms with E-state index in [1.165, 1.54) is 22.5 Å². The van der Waals surface area contributed by atoms with E-state index in [4.69, 9.17) is 28.5 Å². The van der Waals surface area contributed by atoms with Gasteiger partial charge in [-0.25, -0.2) is 8.42 Å². The molecule has 0 radical (unpaired) electrons. The molecule has 2 fully saturated rings. The van der Waals surface area contributed by atoms with Gasteiger partial charge < -0.3 is 4.90 Å². The largest absolute Gasteiger partial charge is 0.312 e. The van der Waals surface area contributed by atoms with Gasteiger partial charge in [-0.3, -0.25) is 4.79 Å². The summed E-state index contributed by atoms with van der Waals surface area (Å²) in [5.74, 6) is -0.0596. The van der Waals surface area contributed by atoms with E-state index in [1.807, 2.05) is 6.07 Å². The third-order valence-electron chi connectivity index (χ3n) is 5.87. The summed E-state index contributed by atoms with van der Waals surface area (Å²) in [4.78, 5) is 15.0. The molecule has 0 N–H and O–H groups in total. The lowest BCUT2D eigenvalue weighted by atomic mass is 9.79. The lowest BCUT2D eigenvalue weighted by Crippen LogP contribution is -2.49.